The van der Waals surface area contributed by atoms with Crippen LogP contribution in [-0.2, 0) is 16.6 Å². The fourth-order valence-electron chi connectivity index (χ4n) is 2.96. The van der Waals surface area contributed by atoms with Gasteiger partial charge in [-0.25, -0.2) is 8.42 Å². The highest BCUT2D eigenvalue weighted by Crippen LogP contribution is 2.38. The second-order valence-electron chi connectivity index (χ2n) is 6.23. The highest BCUT2D eigenvalue weighted by Gasteiger charge is 2.35. The number of aliphatic hydroxyl groups excluding tert-OH is 1. The molecule has 3 rings (SSSR count). The first-order chi connectivity index (χ1) is 9.93. The van der Waals surface area contributed by atoms with Crippen LogP contribution in [0.1, 0.15) is 31.0 Å². The lowest BCUT2D eigenvalue weighted by Gasteiger charge is -2.19. The maximum Gasteiger partial charge on any atom is 0.244 e. The number of aliphatic hydroxyl groups is 1. The zero-order chi connectivity index (χ0) is 15.2. The van der Waals surface area contributed by atoms with E-state index in [1.54, 1.807) is 16.6 Å². The van der Waals surface area contributed by atoms with Crippen molar-refractivity contribution in [1.82, 2.24) is 13.8 Å². The van der Waals surface area contributed by atoms with Crippen molar-refractivity contribution in [3.63, 3.8) is 0 Å². The first kappa shape index (κ1) is 15.0. The lowest BCUT2D eigenvalue weighted by atomic mass is 10.2. The van der Waals surface area contributed by atoms with Gasteiger partial charge in [-0.1, -0.05) is 0 Å². The summed E-state index contributed by atoms with van der Waals surface area (Å²) in [5, 5.41) is 9.42. The van der Waals surface area contributed by atoms with E-state index in [2.05, 4.69) is 4.90 Å². The number of aromatic nitrogens is 1. The van der Waals surface area contributed by atoms with Gasteiger partial charge in [0.1, 0.15) is 4.90 Å². The molecule has 0 amide bonds. The van der Waals surface area contributed by atoms with Crippen LogP contribution in [0, 0.1) is 0 Å². The Hall–Kier alpha value is -0.890. The van der Waals surface area contributed by atoms with Crippen molar-refractivity contribution in [2.24, 2.45) is 0 Å². The first-order valence-electron chi connectivity index (χ1n) is 7.41. The molecule has 1 saturated carbocycles. The summed E-state index contributed by atoms with van der Waals surface area (Å²) in [6.07, 6.45) is 4.69. The van der Waals surface area contributed by atoms with Crippen molar-refractivity contribution in [3.05, 3.63) is 18.0 Å². The minimum atomic E-state index is -3.45. The minimum absolute atomic E-state index is 0.119. The van der Waals surface area contributed by atoms with Crippen LogP contribution >= 0.6 is 0 Å². The van der Waals surface area contributed by atoms with Crippen molar-refractivity contribution >= 4 is 10.0 Å². The third-order valence-corrected chi connectivity index (χ3v) is 6.33. The van der Waals surface area contributed by atoms with Crippen LogP contribution in [-0.4, -0.2) is 60.5 Å². The summed E-state index contributed by atoms with van der Waals surface area (Å²) >= 11 is 0. The average molecular weight is 313 g/mol. The molecule has 0 spiro atoms. The molecule has 1 aromatic heterocycles. The highest BCUT2D eigenvalue weighted by atomic mass is 32.2. The zero-order valence-corrected chi connectivity index (χ0v) is 13.4. The van der Waals surface area contributed by atoms with Crippen molar-refractivity contribution in [3.8, 4) is 0 Å². The van der Waals surface area contributed by atoms with Gasteiger partial charge in [-0.05, 0) is 39.4 Å². The van der Waals surface area contributed by atoms with E-state index in [1.165, 1.54) is 0 Å². The Kier molecular flexibility index (Phi) is 3.85. The van der Waals surface area contributed by atoms with E-state index < -0.39 is 10.0 Å². The van der Waals surface area contributed by atoms with Crippen molar-refractivity contribution in [1.29, 1.82) is 0 Å². The summed E-state index contributed by atoms with van der Waals surface area (Å²) in [7, 11) is 0.513. The number of likely N-dealkylation sites (N-methyl/N-ethyl adjacent to an activating group) is 1. The topological polar surface area (TPSA) is 65.8 Å². The highest BCUT2D eigenvalue weighted by molar-refractivity contribution is 7.89. The summed E-state index contributed by atoms with van der Waals surface area (Å²) in [6.45, 7) is 0.985. The summed E-state index contributed by atoms with van der Waals surface area (Å²) < 4.78 is 29.0. The molecule has 0 bridgehead atoms. The summed E-state index contributed by atoms with van der Waals surface area (Å²) in [4.78, 5) is 2.39. The molecule has 1 aliphatic heterocycles. The van der Waals surface area contributed by atoms with Gasteiger partial charge in [0, 0.05) is 37.1 Å². The molecular formula is C14H23N3O3S. The molecule has 21 heavy (non-hydrogen) atoms. The Balaban J connectivity index is 1.85. The van der Waals surface area contributed by atoms with E-state index in [0.717, 1.165) is 19.3 Å². The van der Waals surface area contributed by atoms with E-state index in [0.29, 0.717) is 29.7 Å². The van der Waals surface area contributed by atoms with Crippen molar-refractivity contribution in [2.45, 2.75) is 42.8 Å². The van der Waals surface area contributed by atoms with Gasteiger partial charge in [0.05, 0.1) is 6.61 Å². The summed E-state index contributed by atoms with van der Waals surface area (Å²) in [5.74, 6) is 0. The Morgan fingerprint density at radius 1 is 1.33 bits per heavy atom. The Morgan fingerprint density at radius 2 is 2.05 bits per heavy atom. The molecule has 2 aliphatic rings. The van der Waals surface area contributed by atoms with Gasteiger partial charge in [0.25, 0.3) is 0 Å². The van der Waals surface area contributed by atoms with Crippen molar-refractivity contribution < 1.29 is 13.5 Å². The largest absolute Gasteiger partial charge is 0.390 e. The van der Waals surface area contributed by atoms with Crippen LogP contribution in [0.25, 0.3) is 0 Å². The molecule has 118 valence electrons. The van der Waals surface area contributed by atoms with Crippen LogP contribution in [0.2, 0.25) is 0 Å². The van der Waals surface area contributed by atoms with Crippen LogP contribution in [0.4, 0.5) is 0 Å². The molecule has 0 aromatic carbocycles. The SMILES string of the molecule is CN(C)C1CCN(S(=O)(=O)c2cc(CO)n(C3CC3)c2)C1. The van der Waals surface area contributed by atoms with Gasteiger partial charge in [-0.3, -0.25) is 0 Å². The normalized spacial score (nSPS) is 24.1. The lowest BCUT2D eigenvalue weighted by Crippen LogP contribution is -2.34. The Bertz CT molecular complexity index is 619. The number of sulfonamides is 1. The lowest BCUT2D eigenvalue weighted by molar-refractivity contribution is 0.270. The molecular weight excluding hydrogens is 290 g/mol. The molecule has 1 unspecified atom stereocenters. The van der Waals surface area contributed by atoms with Gasteiger partial charge in [0.15, 0.2) is 0 Å². The predicted molar refractivity (Wildman–Crippen MR) is 79.5 cm³/mol. The number of hydrogen-bond donors (Lipinski definition) is 1. The van der Waals surface area contributed by atoms with Crippen LogP contribution in [0.5, 0.6) is 0 Å². The molecule has 1 aromatic rings. The van der Waals surface area contributed by atoms with Crippen molar-refractivity contribution in [2.75, 3.05) is 27.2 Å². The third-order valence-electron chi connectivity index (χ3n) is 4.50. The minimum Gasteiger partial charge on any atom is -0.390 e. The fraction of sp³-hybridized carbons (Fsp3) is 0.714. The van der Waals surface area contributed by atoms with Crippen LogP contribution in [0.3, 0.4) is 0 Å². The van der Waals surface area contributed by atoms with Crippen LogP contribution in [0.15, 0.2) is 17.2 Å². The Labute approximate surface area is 126 Å². The van der Waals surface area contributed by atoms with E-state index in [1.807, 2.05) is 18.7 Å². The molecule has 2 fully saturated rings. The van der Waals surface area contributed by atoms with Gasteiger partial charge < -0.3 is 14.6 Å². The Morgan fingerprint density at radius 3 is 2.57 bits per heavy atom. The maximum atomic E-state index is 12.7. The number of hydrogen-bond acceptors (Lipinski definition) is 4. The molecule has 0 radical (unpaired) electrons. The van der Waals surface area contributed by atoms with E-state index in [-0.39, 0.29) is 12.6 Å². The second-order valence-corrected chi connectivity index (χ2v) is 8.17. The predicted octanol–water partition coefficient (Wildman–Crippen LogP) is 0.640. The molecule has 1 aliphatic carbocycles. The van der Waals surface area contributed by atoms with Crippen LogP contribution < -0.4 is 0 Å². The number of nitrogens with zero attached hydrogens (tertiary/aromatic N) is 3. The molecule has 6 nitrogen and oxygen atoms in total. The first-order valence-corrected chi connectivity index (χ1v) is 8.85. The van der Waals surface area contributed by atoms with Gasteiger partial charge in [-0.2, -0.15) is 4.31 Å². The van der Waals surface area contributed by atoms with E-state index in [9.17, 15) is 13.5 Å². The molecule has 1 N–H and O–H groups in total. The average Bonchev–Trinajstić information content (AvgIpc) is 3.01. The summed E-state index contributed by atoms with van der Waals surface area (Å²) in [5.41, 5.74) is 0.694. The number of rotatable bonds is 5. The molecule has 1 atom stereocenters. The molecule has 2 heterocycles. The van der Waals surface area contributed by atoms with Gasteiger partial charge in [-0.15, -0.1) is 0 Å². The maximum absolute atomic E-state index is 12.7. The second kappa shape index (κ2) is 5.39. The fourth-order valence-corrected chi connectivity index (χ4v) is 4.50. The smallest absolute Gasteiger partial charge is 0.244 e. The summed E-state index contributed by atoms with van der Waals surface area (Å²) in [6, 6.07) is 2.27. The van der Waals surface area contributed by atoms with E-state index in [4.69, 9.17) is 0 Å². The molecule has 1 saturated heterocycles. The monoisotopic (exact) mass is 313 g/mol. The molecule has 7 heteroatoms. The standard InChI is InChI=1S/C14H23N3O3S/c1-15(2)12-5-6-16(8-12)21(19,20)14-7-13(10-18)17(9-14)11-3-4-11/h7,9,11-12,18H,3-6,8,10H2,1-2H3. The van der Waals surface area contributed by atoms with E-state index >= 15 is 0 Å². The quantitative estimate of drug-likeness (QED) is 0.866. The van der Waals surface area contributed by atoms with Gasteiger partial charge in [0.2, 0.25) is 10.0 Å². The zero-order valence-electron chi connectivity index (χ0n) is 12.6. The third kappa shape index (κ3) is 2.75. The van der Waals surface area contributed by atoms with Gasteiger partial charge >= 0.3 is 0 Å².